The first-order chi connectivity index (χ1) is 8.95. The van der Waals surface area contributed by atoms with Crippen molar-refractivity contribution in [2.75, 3.05) is 5.32 Å². The molecule has 0 aliphatic heterocycles. The van der Waals surface area contributed by atoms with Gasteiger partial charge in [-0.05, 0) is 59.8 Å². The zero-order valence-electron chi connectivity index (χ0n) is 9.95. The van der Waals surface area contributed by atoms with Crippen LogP contribution in [-0.2, 0) is 0 Å². The van der Waals surface area contributed by atoms with E-state index in [2.05, 4.69) is 32.9 Å². The summed E-state index contributed by atoms with van der Waals surface area (Å²) in [5.74, 6) is -0.525. The van der Waals surface area contributed by atoms with E-state index in [-0.39, 0.29) is 5.56 Å². The van der Waals surface area contributed by atoms with E-state index < -0.39 is 5.97 Å². The summed E-state index contributed by atoms with van der Waals surface area (Å²) in [6.07, 6.45) is 0. The number of carboxylic acids is 1. The lowest BCUT2D eigenvalue weighted by Crippen LogP contribution is -2.02. The van der Waals surface area contributed by atoms with Crippen LogP contribution in [0.1, 0.15) is 16.1 Å². The summed E-state index contributed by atoms with van der Waals surface area (Å²) in [6.45, 7) is 1.74. The Labute approximate surface area is 129 Å². The van der Waals surface area contributed by atoms with E-state index in [1.54, 1.807) is 6.92 Å². The predicted molar refractivity (Wildman–Crippen MR) is 83.4 cm³/mol. The summed E-state index contributed by atoms with van der Waals surface area (Å²) < 4.78 is 1.02. The molecule has 0 amide bonds. The van der Waals surface area contributed by atoms with Gasteiger partial charge in [-0.2, -0.15) is 0 Å². The number of carboxylic acid groups (broad SMARTS) is 1. The van der Waals surface area contributed by atoms with Crippen molar-refractivity contribution in [2.24, 2.45) is 0 Å². The second kappa shape index (κ2) is 5.75. The van der Waals surface area contributed by atoms with Gasteiger partial charge < -0.3 is 10.4 Å². The van der Waals surface area contributed by atoms with Crippen LogP contribution >= 0.6 is 34.2 Å². The lowest BCUT2D eigenvalue weighted by atomic mass is 10.2. The Morgan fingerprint density at radius 1 is 1.37 bits per heavy atom. The summed E-state index contributed by atoms with van der Waals surface area (Å²) in [6, 6.07) is 8.54. The molecule has 0 spiro atoms. The number of hydrogen-bond acceptors (Lipinski definition) is 3. The van der Waals surface area contributed by atoms with Gasteiger partial charge in [0.05, 0.1) is 16.3 Å². The number of nitrogens with zero attached hydrogens (tertiary/aromatic N) is 1. The lowest BCUT2D eigenvalue weighted by molar-refractivity contribution is 0.0696. The summed E-state index contributed by atoms with van der Waals surface area (Å²) in [5.41, 5.74) is 1.51. The molecule has 2 N–H and O–H groups in total. The summed E-state index contributed by atoms with van der Waals surface area (Å²) in [7, 11) is 0. The summed E-state index contributed by atoms with van der Waals surface area (Å²) in [4.78, 5) is 15.2. The molecule has 0 saturated heterocycles. The number of aromatic carboxylic acids is 1. The average Bonchev–Trinajstić information content (AvgIpc) is 2.32. The predicted octanol–water partition coefficient (Wildman–Crippen LogP) is 4.09. The van der Waals surface area contributed by atoms with Gasteiger partial charge in [0, 0.05) is 9.26 Å². The van der Waals surface area contributed by atoms with Crippen LogP contribution in [0, 0.1) is 10.5 Å². The Morgan fingerprint density at radius 2 is 2.11 bits per heavy atom. The van der Waals surface area contributed by atoms with Crippen LogP contribution in [0.2, 0.25) is 5.02 Å². The van der Waals surface area contributed by atoms with E-state index >= 15 is 0 Å². The van der Waals surface area contributed by atoms with E-state index in [4.69, 9.17) is 16.7 Å². The van der Waals surface area contributed by atoms with Crippen molar-refractivity contribution in [3.63, 3.8) is 0 Å². The van der Waals surface area contributed by atoms with Crippen LogP contribution in [-0.4, -0.2) is 16.1 Å². The molecular formula is C13H10ClIN2O2. The molecule has 0 saturated carbocycles. The molecule has 4 nitrogen and oxygen atoms in total. The highest BCUT2D eigenvalue weighted by atomic mass is 127. The van der Waals surface area contributed by atoms with Crippen LogP contribution < -0.4 is 5.32 Å². The first kappa shape index (κ1) is 14.1. The van der Waals surface area contributed by atoms with E-state index in [0.29, 0.717) is 22.2 Å². The maximum absolute atomic E-state index is 11.0. The van der Waals surface area contributed by atoms with Crippen molar-refractivity contribution in [2.45, 2.75) is 6.92 Å². The van der Waals surface area contributed by atoms with Gasteiger partial charge in [0.25, 0.3) is 0 Å². The quantitative estimate of drug-likeness (QED) is 0.778. The zero-order valence-corrected chi connectivity index (χ0v) is 12.9. The minimum absolute atomic E-state index is 0.191. The first-order valence-electron chi connectivity index (χ1n) is 5.40. The van der Waals surface area contributed by atoms with Crippen molar-refractivity contribution in [1.82, 2.24) is 4.98 Å². The maximum atomic E-state index is 11.0. The second-order valence-corrected chi connectivity index (χ2v) is 5.59. The number of nitrogens with one attached hydrogen (secondary N) is 1. The smallest absolute Gasteiger partial charge is 0.335 e. The number of anilines is 2. The Kier molecular flexibility index (Phi) is 4.26. The topological polar surface area (TPSA) is 62.2 Å². The summed E-state index contributed by atoms with van der Waals surface area (Å²) >= 11 is 8.28. The largest absolute Gasteiger partial charge is 0.478 e. The molecule has 2 aromatic rings. The molecule has 19 heavy (non-hydrogen) atoms. The van der Waals surface area contributed by atoms with Crippen LogP contribution in [0.25, 0.3) is 0 Å². The zero-order chi connectivity index (χ0) is 14.0. The van der Waals surface area contributed by atoms with Gasteiger partial charge in [0.15, 0.2) is 0 Å². The molecule has 0 bridgehead atoms. The molecule has 2 rings (SSSR count). The van der Waals surface area contributed by atoms with Gasteiger partial charge in [0.1, 0.15) is 5.82 Å². The Morgan fingerprint density at radius 3 is 2.74 bits per heavy atom. The molecule has 1 aromatic carbocycles. The Balaban J connectivity index is 2.35. The molecule has 0 atom stereocenters. The van der Waals surface area contributed by atoms with Crippen molar-refractivity contribution in [3.05, 3.63) is 50.2 Å². The van der Waals surface area contributed by atoms with Gasteiger partial charge in [-0.15, -0.1) is 0 Å². The van der Waals surface area contributed by atoms with Crippen molar-refractivity contribution >= 4 is 51.7 Å². The molecule has 0 radical (unpaired) electrons. The van der Waals surface area contributed by atoms with Gasteiger partial charge in [0.2, 0.25) is 0 Å². The minimum atomic E-state index is -0.984. The molecule has 0 fully saturated rings. The average molecular weight is 389 g/mol. The number of rotatable bonds is 3. The monoisotopic (exact) mass is 388 g/mol. The van der Waals surface area contributed by atoms with Gasteiger partial charge in [-0.3, -0.25) is 0 Å². The molecule has 1 aromatic heterocycles. The molecule has 1 heterocycles. The molecule has 98 valence electrons. The third kappa shape index (κ3) is 3.57. The highest BCUT2D eigenvalue weighted by molar-refractivity contribution is 14.1. The van der Waals surface area contributed by atoms with Gasteiger partial charge in [-0.1, -0.05) is 11.6 Å². The number of aromatic nitrogens is 1. The van der Waals surface area contributed by atoms with Gasteiger partial charge >= 0.3 is 5.97 Å². The van der Waals surface area contributed by atoms with Crippen LogP contribution in [0.5, 0.6) is 0 Å². The number of carbonyl (C=O) groups is 1. The number of halogens is 2. The van der Waals surface area contributed by atoms with E-state index in [0.717, 1.165) is 3.57 Å². The molecule has 0 unspecified atom stereocenters. The number of aryl methyl sites for hydroxylation is 1. The fourth-order valence-corrected chi connectivity index (χ4v) is 2.49. The van der Waals surface area contributed by atoms with Gasteiger partial charge in [-0.25, -0.2) is 9.78 Å². The minimum Gasteiger partial charge on any atom is -0.478 e. The van der Waals surface area contributed by atoms with E-state index in [1.165, 1.54) is 12.1 Å². The summed E-state index contributed by atoms with van der Waals surface area (Å²) in [5, 5.41) is 12.6. The lowest BCUT2D eigenvalue weighted by Gasteiger charge is -2.09. The molecule has 0 aliphatic rings. The van der Waals surface area contributed by atoms with E-state index in [1.807, 2.05) is 18.2 Å². The van der Waals surface area contributed by atoms with Crippen LogP contribution in [0.3, 0.4) is 0 Å². The SMILES string of the molecule is Cc1cc(C(=O)O)cc(Nc2ccc(I)cc2Cl)n1. The highest BCUT2D eigenvalue weighted by Gasteiger charge is 2.08. The number of hydrogen-bond donors (Lipinski definition) is 2. The Bertz CT molecular complexity index is 647. The normalized spacial score (nSPS) is 10.3. The standard InChI is InChI=1S/C13H10ClIN2O2/c1-7-4-8(13(18)19)5-12(16-7)17-11-3-2-9(15)6-10(11)14/h2-6H,1H3,(H,16,17)(H,18,19). The van der Waals surface area contributed by atoms with Crippen molar-refractivity contribution in [3.8, 4) is 0 Å². The maximum Gasteiger partial charge on any atom is 0.335 e. The fourth-order valence-electron chi connectivity index (χ4n) is 1.58. The third-order valence-electron chi connectivity index (χ3n) is 2.39. The second-order valence-electron chi connectivity index (χ2n) is 3.94. The van der Waals surface area contributed by atoms with Crippen molar-refractivity contribution < 1.29 is 9.90 Å². The molecule has 6 heteroatoms. The highest BCUT2D eigenvalue weighted by Crippen LogP contribution is 2.26. The number of pyridine rings is 1. The molecule has 0 aliphatic carbocycles. The third-order valence-corrected chi connectivity index (χ3v) is 3.38. The Hall–Kier alpha value is -1.34. The van der Waals surface area contributed by atoms with Crippen LogP contribution in [0.4, 0.5) is 11.5 Å². The molecular weight excluding hydrogens is 379 g/mol. The van der Waals surface area contributed by atoms with Crippen LogP contribution in [0.15, 0.2) is 30.3 Å². The van der Waals surface area contributed by atoms with E-state index in [9.17, 15) is 4.79 Å². The van der Waals surface area contributed by atoms with Crippen molar-refractivity contribution in [1.29, 1.82) is 0 Å². The first-order valence-corrected chi connectivity index (χ1v) is 6.85. The number of benzene rings is 1. The fraction of sp³-hybridized carbons (Fsp3) is 0.0769.